The van der Waals surface area contributed by atoms with Crippen molar-refractivity contribution in [3.05, 3.63) is 29.6 Å². The second kappa shape index (κ2) is 6.37. The third kappa shape index (κ3) is 2.55. The molecule has 2 aromatic heterocycles. The number of thiophene rings is 1. The SMILES string of the molecule is COc1cc2nc(-c3cccs3)n(CCCO)c2cc1OC. The number of nitrogens with zero attached hydrogens (tertiary/aromatic N) is 2. The number of imidazole rings is 1. The number of benzene rings is 1. The van der Waals surface area contributed by atoms with Crippen LogP contribution in [0.1, 0.15) is 6.42 Å². The number of hydrogen-bond donors (Lipinski definition) is 1. The number of fused-ring (bicyclic) bond motifs is 1. The maximum atomic E-state index is 9.17. The van der Waals surface area contributed by atoms with Crippen molar-refractivity contribution in [2.45, 2.75) is 13.0 Å². The molecule has 22 heavy (non-hydrogen) atoms. The fourth-order valence-corrected chi connectivity index (χ4v) is 3.22. The number of aliphatic hydroxyl groups excluding tert-OH is 1. The molecule has 0 bridgehead atoms. The van der Waals surface area contributed by atoms with E-state index in [0.29, 0.717) is 24.5 Å². The standard InChI is InChI=1S/C16H18N2O3S/c1-20-13-9-11-12(10-14(13)21-2)18(6-4-7-19)16(17-11)15-5-3-8-22-15/h3,5,8-10,19H,4,6-7H2,1-2H3. The molecule has 0 saturated carbocycles. The second-order valence-corrected chi connectivity index (χ2v) is 5.79. The second-order valence-electron chi connectivity index (χ2n) is 4.84. The molecule has 3 aromatic rings. The van der Waals surface area contributed by atoms with Gasteiger partial charge >= 0.3 is 0 Å². The van der Waals surface area contributed by atoms with E-state index in [1.165, 1.54) is 0 Å². The van der Waals surface area contributed by atoms with E-state index in [9.17, 15) is 0 Å². The highest BCUT2D eigenvalue weighted by molar-refractivity contribution is 7.13. The molecular weight excluding hydrogens is 300 g/mol. The minimum absolute atomic E-state index is 0.150. The van der Waals surface area contributed by atoms with E-state index in [-0.39, 0.29) is 6.61 Å². The first kappa shape index (κ1) is 14.9. The summed E-state index contributed by atoms with van der Waals surface area (Å²) in [7, 11) is 3.24. The molecule has 0 saturated heterocycles. The Hall–Kier alpha value is -2.05. The number of methoxy groups -OCH3 is 2. The molecule has 2 heterocycles. The maximum Gasteiger partial charge on any atom is 0.163 e. The Morgan fingerprint density at radius 1 is 1.23 bits per heavy atom. The lowest BCUT2D eigenvalue weighted by Gasteiger charge is -2.10. The van der Waals surface area contributed by atoms with Gasteiger partial charge in [-0.15, -0.1) is 11.3 Å². The molecule has 1 N–H and O–H groups in total. The third-order valence-electron chi connectivity index (χ3n) is 3.53. The molecule has 0 atom stereocenters. The van der Waals surface area contributed by atoms with Crippen molar-refractivity contribution in [1.29, 1.82) is 0 Å². The van der Waals surface area contributed by atoms with Crippen molar-refractivity contribution >= 4 is 22.4 Å². The monoisotopic (exact) mass is 318 g/mol. The van der Waals surface area contributed by atoms with E-state index in [0.717, 1.165) is 21.7 Å². The van der Waals surface area contributed by atoms with Crippen LogP contribution in [-0.2, 0) is 6.54 Å². The predicted molar refractivity (Wildman–Crippen MR) is 87.9 cm³/mol. The van der Waals surface area contributed by atoms with Gasteiger partial charge < -0.3 is 19.1 Å². The molecule has 0 radical (unpaired) electrons. The largest absolute Gasteiger partial charge is 0.493 e. The Balaban J connectivity index is 2.21. The van der Waals surface area contributed by atoms with E-state index >= 15 is 0 Å². The maximum absolute atomic E-state index is 9.17. The Labute approximate surface area is 132 Å². The van der Waals surface area contributed by atoms with Gasteiger partial charge in [-0.3, -0.25) is 0 Å². The van der Waals surface area contributed by atoms with Crippen LogP contribution in [0.3, 0.4) is 0 Å². The molecule has 0 spiro atoms. The lowest BCUT2D eigenvalue weighted by molar-refractivity contribution is 0.281. The predicted octanol–water partition coefficient (Wildman–Crippen LogP) is 3.16. The van der Waals surface area contributed by atoms with Gasteiger partial charge in [0.15, 0.2) is 17.3 Å². The smallest absolute Gasteiger partial charge is 0.163 e. The topological polar surface area (TPSA) is 56.5 Å². The summed E-state index contributed by atoms with van der Waals surface area (Å²) in [5, 5.41) is 11.2. The van der Waals surface area contributed by atoms with Crippen LogP contribution < -0.4 is 9.47 Å². The van der Waals surface area contributed by atoms with Crippen LogP contribution in [0, 0.1) is 0 Å². The van der Waals surface area contributed by atoms with Crippen LogP contribution >= 0.6 is 11.3 Å². The molecule has 5 nitrogen and oxygen atoms in total. The van der Waals surface area contributed by atoms with Crippen molar-refractivity contribution in [2.75, 3.05) is 20.8 Å². The zero-order chi connectivity index (χ0) is 15.5. The summed E-state index contributed by atoms with van der Waals surface area (Å²) in [6.07, 6.45) is 0.679. The van der Waals surface area contributed by atoms with E-state index in [4.69, 9.17) is 19.6 Å². The number of aliphatic hydroxyl groups is 1. The molecule has 0 aliphatic heterocycles. The average molecular weight is 318 g/mol. The zero-order valence-corrected chi connectivity index (χ0v) is 13.4. The summed E-state index contributed by atoms with van der Waals surface area (Å²) >= 11 is 1.65. The van der Waals surface area contributed by atoms with Gasteiger partial charge in [0.1, 0.15) is 0 Å². The van der Waals surface area contributed by atoms with Crippen LogP contribution in [0.25, 0.3) is 21.7 Å². The first-order valence-electron chi connectivity index (χ1n) is 7.05. The van der Waals surface area contributed by atoms with Crippen LogP contribution in [0.2, 0.25) is 0 Å². The Morgan fingerprint density at radius 3 is 2.64 bits per heavy atom. The molecule has 116 valence electrons. The average Bonchev–Trinajstić information content (AvgIpc) is 3.18. The number of aryl methyl sites for hydroxylation is 1. The van der Waals surface area contributed by atoms with E-state index in [2.05, 4.69) is 10.6 Å². The summed E-state index contributed by atoms with van der Waals surface area (Å²) in [4.78, 5) is 5.85. The molecule has 0 aliphatic carbocycles. The Bertz CT molecular complexity index is 765. The lowest BCUT2D eigenvalue weighted by atomic mass is 10.2. The van der Waals surface area contributed by atoms with Crippen molar-refractivity contribution < 1.29 is 14.6 Å². The molecule has 1 aromatic carbocycles. The fraction of sp³-hybridized carbons (Fsp3) is 0.312. The van der Waals surface area contributed by atoms with Crippen molar-refractivity contribution in [2.24, 2.45) is 0 Å². The van der Waals surface area contributed by atoms with Gasteiger partial charge in [-0.1, -0.05) is 6.07 Å². The van der Waals surface area contributed by atoms with Crippen LogP contribution in [0.4, 0.5) is 0 Å². The van der Waals surface area contributed by atoms with Gasteiger partial charge in [0.05, 0.1) is 30.1 Å². The molecule has 0 aliphatic rings. The quantitative estimate of drug-likeness (QED) is 0.758. The zero-order valence-electron chi connectivity index (χ0n) is 12.6. The number of hydrogen-bond acceptors (Lipinski definition) is 5. The summed E-state index contributed by atoms with van der Waals surface area (Å²) < 4.78 is 12.9. The van der Waals surface area contributed by atoms with Gasteiger partial charge in [-0.25, -0.2) is 4.98 Å². The number of ether oxygens (including phenoxy) is 2. The molecule has 3 rings (SSSR count). The van der Waals surface area contributed by atoms with E-state index in [1.54, 1.807) is 25.6 Å². The van der Waals surface area contributed by atoms with E-state index in [1.807, 2.05) is 23.6 Å². The Kier molecular flexibility index (Phi) is 4.31. The molecule has 6 heteroatoms. The van der Waals surface area contributed by atoms with E-state index < -0.39 is 0 Å². The highest BCUT2D eigenvalue weighted by Gasteiger charge is 2.16. The van der Waals surface area contributed by atoms with Crippen molar-refractivity contribution in [3.8, 4) is 22.2 Å². The lowest BCUT2D eigenvalue weighted by Crippen LogP contribution is -2.02. The number of rotatable bonds is 6. The van der Waals surface area contributed by atoms with Crippen molar-refractivity contribution in [1.82, 2.24) is 9.55 Å². The minimum Gasteiger partial charge on any atom is -0.493 e. The molecule has 0 fully saturated rings. The summed E-state index contributed by atoms with van der Waals surface area (Å²) in [6.45, 7) is 0.854. The van der Waals surface area contributed by atoms with Gasteiger partial charge in [-0.05, 0) is 17.9 Å². The van der Waals surface area contributed by atoms with Crippen LogP contribution in [0.15, 0.2) is 29.6 Å². The summed E-state index contributed by atoms with van der Waals surface area (Å²) in [5.41, 5.74) is 1.84. The highest BCUT2D eigenvalue weighted by Crippen LogP contribution is 2.35. The van der Waals surface area contributed by atoms with Gasteiger partial charge in [0, 0.05) is 25.3 Å². The minimum atomic E-state index is 0.150. The molecule has 0 unspecified atom stereocenters. The van der Waals surface area contributed by atoms with Gasteiger partial charge in [0.25, 0.3) is 0 Å². The first-order chi connectivity index (χ1) is 10.8. The third-order valence-corrected chi connectivity index (χ3v) is 4.40. The molecule has 0 amide bonds. The summed E-state index contributed by atoms with van der Waals surface area (Å²) in [6, 6.07) is 7.89. The van der Waals surface area contributed by atoms with Gasteiger partial charge in [-0.2, -0.15) is 0 Å². The first-order valence-corrected chi connectivity index (χ1v) is 7.93. The highest BCUT2D eigenvalue weighted by atomic mass is 32.1. The summed E-state index contributed by atoms with van der Waals surface area (Å²) in [5.74, 6) is 2.26. The molecular formula is C16H18N2O3S. The number of aromatic nitrogens is 2. The van der Waals surface area contributed by atoms with Gasteiger partial charge in [0.2, 0.25) is 0 Å². The fourth-order valence-electron chi connectivity index (χ4n) is 2.50. The van der Waals surface area contributed by atoms with Crippen LogP contribution in [-0.4, -0.2) is 35.5 Å². The van der Waals surface area contributed by atoms with Crippen LogP contribution in [0.5, 0.6) is 11.5 Å². The normalized spacial score (nSPS) is 11.0. The van der Waals surface area contributed by atoms with Crippen molar-refractivity contribution in [3.63, 3.8) is 0 Å². The Morgan fingerprint density at radius 2 is 2.00 bits per heavy atom.